The Morgan fingerprint density at radius 2 is 1.89 bits per heavy atom. The molecule has 1 aliphatic carbocycles. The van der Waals surface area contributed by atoms with Crippen LogP contribution in [0.5, 0.6) is 0 Å². The number of nitrogens with zero attached hydrogens (tertiary/aromatic N) is 3. The van der Waals surface area contributed by atoms with E-state index < -0.39 is 36.1 Å². The summed E-state index contributed by atoms with van der Waals surface area (Å²) in [5.74, 6) is -5.76. The molecule has 2 aromatic carbocycles. The fraction of sp³-hybridized carbons (Fsp3) is 0.323. The molecule has 3 N–H and O–H groups in total. The topological polar surface area (TPSA) is 139 Å². The van der Waals surface area contributed by atoms with E-state index in [1.54, 1.807) is 24.4 Å². The highest BCUT2D eigenvalue weighted by Gasteiger charge is 2.52. The third kappa shape index (κ3) is 5.18. The van der Waals surface area contributed by atoms with Crippen molar-refractivity contribution in [2.45, 2.75) is 37.1 Å². The fourth-order valence-electron chi connectivity index (χ4n) is 6.16. The summed E-state index contributed by atoms with van der Waals surface area (Å²) < 4.78 is 41.5. The smallest absolute Gasteiger partial charge is 0.299 e. The van der Waals surface area contributed by atoms with E-state index in [1.165, 1.54) is 40.5 Å². The van der Waals surface area contributed by atoms with E-state index in [2.05, 4.69) is 26.0 Å². The van der Waals surface area contributed by atoms with Crippen LogP contribution in [0.4, 0.5) is 8.78 Å². The van der Waals surface area contributed by atoms with Crippen molar-refractivity contribution in [1.29, 1.82) is 0 Å². The molecule has 2 fully saturated rings. The number of thiophene rings is 1. The first-order chi connectivity index (χ1) is 21.6. The lowest BCUT2D eigenvalue weighted by atomic mass is 10.0. The predicted molar refractivity (Wildman–Crippen MR) is 158 cm³/mol. The fourth-order valence-corrected chi connectivity index (χ4v) is 7.07. The average Bonchev–Trinajstić information content (AvgIpc) is 3.88. The van der Waals surface area contributed by atoms with Crippen LogP contribution in [0, 0.1) is 0 Å². The maximum atomic E-state index is 14.9. The summed E-state index contributed by atoms with van der Waals surface area (Å²) in [6.45, 7) is 2.13. The number of alkyl halides is 2. The second-order valence-electron chi connectivity index (χ2n) is 11.2. The van der Waals surface area contributed by atoms with Crippen molar-refractivity contribution in [2.24, 2.45) is 0 Å². The zero-order valence-corrected chi connectivity index (χ0v) is 24.8. The van der Waals surface area contributed by atoms with Crippen molar-refractivity contribution in [3.8, 4) is 22.4 Å². The molecule has 232 valence electrons. The van der Waals surface area contributed by atoms with Gasteiger partial charge in [0.25, 0.3) is 11.8 Å². The van der Waals surface area contributed by atoms with Crippen LogP contribution in [0.3, 0.4) is 0 Å². The Morgan fingerprint density at radius 1 is 1.11 bits per heavy atom. The Labute approximate surface area is 259 Å². The molecule has 2 aliphatic heterocycles. The second kappa shape index (κ2) is 11.1. The van der Waals surface area contributed by atoms with Gasteiger partial charge < -0.3 is 25.0 Å². The Bertz CT molecular complexity index is 1790. The number of aromatic amines is 1. The van der Waals surface area contributed by atoms with E-state index in [1.807, 2.05) is 18.4 Å². The molecular formula is C31H28F2N6O5S. The maximum Gasteiger partial charge on any atom is 0.299 e. The van der Waals surface area contributed by atoms with Gasteiger partial charge in [0.1, 0.15) is 11.7 Å². The lowest BCUT2D eigenvalue weighted by Gasteiger charge is -2.25. The molecule has 3 amide bonds. The third-order valence-electron chi connectivity index (χ3n) is 8.42. The molecule has 0 saturated carbocycles. The minimum atomic E-state index is -3.16. The van der Waals surface area contributed by atoms with Crippen molar-refractivity contribution in [2.75, 3.05) is 26.3 Å². The van der Waals surface area contributed by atoms with Crippen molar-refractivity contribution >= 4 is 29.1 Å². The molecule has 0 bridgehead atoms. The summed E-state index contributed by atoms with van der Waals surface area (Å²) in [6, 6.07) is 10.8. The number of rotatable bonds is 7. The SMILES string of the molecule is CC(NC(=O)[C@@H]1CC2(CN1C(=O)CNC(=O)c1ccc3c(c1)-c1ccccc1C3(F)F)OCCO2)c1cc(-c2cn[nH]n2)cs1. The number of carbonyl (C=O) groups is 3. The first-order valence-electron chi connectivity index (χ1n) is 14.4. The van der Waals surface area contributed by atoms with E-state index in [0.29, 0.717) is 24.5 Å². The van der Waals surface area contributed by atoms with Crippen LogP contribution in [-0.4, -0.2) is 76.2 Å². The number of nitrogens with one attached hydrogen (secondary N) is 3. The minimum absolute atomic E-state index is 0.0220. The van der Waals surface area contributed by atoms with Crippen LogP contribution in [0.25, 0.3) is 22.4 Å². The van der Waals surface area contributed by atoms with Gasteiger partial charge >= 0.3 is 0 Å². The Morgan fingerprint density at radius 3 is 2.67 bits per heavy atom. The second-order valence-corrected chi connectivity index (χ2v) is 12.2. The Hall–Kier alpha value is -4.53. The van der Waals surface area contributed by atoms with E-state index in [9.17, 15) is 23.2 Å². The number of amides is 3. The highest BCUT2D eigenvalue weighted by molar-refractivity contribution is 7.10. The number of carbonyl (C=O) groups excluding carboxylic acids is 3. The number of fused-ring (bicyclic) bond motifs is 3. The van der Waals surface area contributed by atoms with Gasteiger partial charge in [-0.15, -0.1) is 11.3 Å². The molecule has 2 saturated heterocycles. The average molecular weight is 635 g/mol. The number of likely N-dealkylation sites (tertiary alicyclic amines) is 1. The summed E-state index contributed by atoms with van der Waals surface area (Å²) in [5.41, 5.74) is 2.05. The monoisotopic (exact) mass is 634 g/mol. The molecule has 1 spiro atoms. The largest absolute Gasteiger partial charge is 0.347 e. The maximum absolute atomic E-state index is 14.9. The first kappa shape index (κ1) is 29.2. The standard InChI is InChI=1S/C31H28F2N6O5S/c1-17(26-11-19(15-45-26)24-13-35-38-37-24)36-29(42)25-12-30(43-8-9-44-30)16-39(25)27(40)14-34-28(41)18-6-7-23-21(10-18)20-4-2-3-5-22(20)31(23,32)33/h2-7,10-11,13,15,17,25H,8-9,12,14,16H2,1H3,(H,34,41)(H,36,42)(H,35,37,38)/t17?,25-/m0/s1. The number of hydrogen-bond acceptors (Lipinski definition) is 8. The summed E-state index contributed by atoms with van der Waals surface area (Å²) in [7, 11) is 0. The normalized spacial score (nSPS) is 19.7. The molecule has 2 atom stereocenters. The molecule has 2 aromatic heterocycles. The van der Waals surface area contributed by atoms with Gasteiger partial charge in [0.05, 0.1) is 38.5 Å². The van der Waals surface area contributed by atoms with Gasteiger partial charge in [0.2, 0.25) is 11.8 Å². The summed E-state index contributed by atoms with van der Waals surface area (Å²) >= 11 is 1.46. The van der Waals surface area contributed by atoms with E-state index in [4.69, 9.17) is 9.47 Å². The van der Waals surface area contributed by atoms with Gasteiger partial charge in [-0.2, -0.15) is 24.2 Å². The highest BCUT2D eigenvalue weighted by Crippen LogP contribution is 2.51. The van der Waals surface area contributed by atoms with Gasteiger partial charge in [-0.25, -0.2) is 0 Å². The number of H-pyrrole nitrogens is 1. The van der Waals surface area contributed by atoms with Crippen molar-refractivity contribution in [3.63, 3.8) is 0 Å². The molecule has 7 rings (SSSR count). The Balaban J connectivity index is 1.04. The van der Waals surface area contributed by atoms with Crippen molar-refractivity contribution in [1.82, 2.24) is 30.9 Å². The van der Waals surface area contributed by atoms with Gasteiger partial charge in [0.15, 0.2) is 5.79 Å². The van der Waals surface area contributed by atoms with Gasteiger partial charge in [0, 0.05) is 38.9 Å². The summed E-state index contributed by atoms with van der Waals surface area (Å²) in [4.78, 5) is 42.4. The summed E-state index contributed by atoms with van der Waals surface area (Å²) in [6.07, 6.45) is 1.75. The van der Waals surface area contributed by atoms with Crippen LogP contribution in [-0.2, 0) is 25.0 Å². The van der Waals surface area contributed by atoms with E-state index in [-0.39, 0.29) is 47.2 Å². The zero-order chi connectivity index (χ0) is 31.3. The van der Waals surface area contributed by atoms with Crippen LogP contribution in [0.2, 0.25) is 0 Å². The number of halogens is 2. The number of hydrogen-bond donors (Lipinski definition) is 3. The molecule has 3 aliphatic rings. The van der Waals surface area contributed by atoms with Gasteiger partial charge in [-0.3, -0.25) is 14.4 Å². The molecule has 0 radical (unpaired) electrons. The summed E-state index contributed by atoms with van der Waals surface area (Å²) in [5, 5.41) is 18.0. The van der Waals surface area contributed by atoms with Crippen LogP contribution < -0.4 is 10.6 Å². The number of benzene rings is 2. The van der Waals surface area contributed by atoms with Crippen LogP contribution in [0.1, 0.15) is 45.7 Å². The van der Waals surface area contributed by atoms with Gasteiger partial charge in [-0.1, -0.05) is 30.3 Å². The molecule has 1 unspecified atom stereocenters. The molecule has 45 heavy (non-hydrogen) atoms. The van der Waals surface area contributed by atoms with E-state index in [0.717, 1.165) is 10.4 Å². The quantitative estimate of drug-likeness (QED) is 0.283. The molecule has 4 aromatic rings. The number of ether oxygens (including phenoxy) is 2. The molecular weight excluding hydrogens is 606 g/mol. The first-order valence-corrected chi connectivity index (χ1v) is 15.3. The van der Waals surface area contributed by atoms with Crippen molar-refractivity contribution in [3.05, 3.63) is 81.7 Å². The lowest BCUT2D eigenvalue weighted by molar-refractivity contribution is -0.152. The molecule has 4 heterocycles. The van der Waals surface area contributed by atoms with Crippen LogP contribution >= 0.6 is 11.3 Å². The minimum Gasteiger partial charge on any atom is -0.347 e. The van der Waals surface area contributed by atoms with Crippen molar-refractivity contribution < 1.29 is 32.6 Å². The van der Waals surface area contributed by atoms with Gasteiger partial charge in [-0.05, 0) is 36.2 Å². The molecule has 11 nitrogen and oxygen atoms in total. The number of aromatic nitrogens is 3. The molecule has 14 heteroatoms. The highest BCUT2D eigenvalue weighted by atomic mass is 32.1. The third-order valence-corrected chi connectivity index (χ3v) is 9.54. The Kier molecular flexibility index (Phi) is 7.22. The predicted octanol–water partition coefficient (Wildman–Crippen LogP) is 3.60. The zero-order valence-electron chi connectivity index (χ0n) is 24.0. The van der Waals surface area contributed by atoms with Crippen LogP contribution in [0.15, 0.2) is 60.1 Å². The van der Waals surface area contributed by atoms with E-state index >= 15 is 0 Å². The lowest BCUT2D eigenvalue weighted by Crippen LogP contribution is -2.49.